The van der Waals surface area contributed by atoms with Gasteiger partial charge in [0.15, 0.2) is 0 Å². The molecule has 0 unspecified atom stereocenters. The van der Waals surface area contributed by atoms with Gasteiger partial charge in [0.05, 0.1) is 12.2 Å². The second-order valence-corrected chi connectivity index (χ2v) is 5.45. The predicted octanol–water partition coefficient (Wildman–Crippen LogP) is 2.45. The molecule has 0 saturated carbocycles. The van der Waals surface area contributed by atoms with Gasteiger partial charge in [-0.1, -0.05) is 23.7 Å². The van der Waals surface area contributed by atoms with Gasteiger partial charge in [0.25, 0.3) is 0 Å². The predicted molar refractivity (Wildman–Crippen MR) is 74.8 cm³/mol. The fourth-order valence-corrected chi connectivity index (χ4v) is 2.88. The zero-order valence-corrected chi connectivity index (χ0v) is 11.7. The van der Waals surface area contributed by atoms with Crippen LogP contribution >= 0.6 is 11.6 Å². The van der Waals surface area contributed by atoms with Crippen molar-refractivity contribution < 1.29 is 4.74 Å². The van der Waals surface area contributed by atoms with Crippen LogP contribution in [0.4, 0.5) is 0 Å². The number of hydrogen-bond acceptors (Lipinski definition) is 3. The average Bonchev–Trinajstić information content (AvgIpc) is 2.28. The smallest absolute Gasteiger partial charge is 0.0678 e. The maximum atomic E-state index is 6.06. The van der Waals surface area contributed by atoms with Crippen LogP contribution in [0.1, 0.15) is 25.5 Å². The molecule has 0 bridgehead atoms. The van der Waals surface area contributed by atoms with E-state index in [1.54, 1.807) is 0 Å². The maximum absolute atomic E-state index is 6.06. The Balaban J connectivity index is 2.17. The lowest BCUT2D eigenvalue weighted by molar-refractivity contribution is -0.0799. The fourth-order valence-electron chi connectivity index (χ4n) is 2.68. The van der Waals surface area contributed by atoms with E-state index in [9.17, 15) is 0 Å². The van der Waals surface area contributed by atoms with E-state index in [4.69, 9.17) is 22.1 Å². The average molecular weight is 269 g/mol. The summed E-state index contributed by atoms with van der Waals surface area (Å²) in [6.07, 6.45) is 0.504. The molecule has 1 heterocycles. The van der Waals surface area contributed by atoms with Crippen molar-refractivity contribution in [2.75, 3.05) is 19.6 Å². The molecule has 1 aromatic rings. The Bertz CT molecular complexity index is 389. The van der Waals surface area contributed by atoms with Crippen LogP contribution in [0.15, 0.2) is 24.3 Å². The largest absolute Gasteiger partial charge is 0.373 e. The number of nitrogens with zero attached hydrogens (tertiary/aromatic N) is 1. The highest BCUT2D eigenvalue weighted by atomic mass is 35.5. The first-order valence-electron chi connectivity index (χ1n) is 6.45. The molecule has 4 heteroatoms. The molecule has 1 fully saturated rings. The Morgan fingerprint density at radius 3 is 2.61 bits per heavy atom. The van der Waals surface area contributed by atoms with Crippen LogP contribution in [0.2, 0.25) is 5.02 Å². The van der Waals surface area contributed by atoms with Gasteiger partial charge in [-0.05, 0) is 31.5 Å². The van der Waals surface area contributed by atoms with Crippen LogP contribution < -0.4 is 5.73 Å². The molecule has 0 aromatic heterocycles. The van der Waals surface area contributed by atoms with Crippen molar-refractivity contribution in [1.82, 2.24) is 4.90 Å². The summed E-state index contributed by atoms with van der Waals surface area (Å²) in [6, 6.07) is 8.19. The summed E-state index contributed by atoms with van der Waals surface area (Å²) >= 11 is 6.06. The van der Waals surface area contributed by atoms with Crippen molar-refractivity contribution in [2.45, 2.75) is 32.1 Å². The molecule has 1 aliphatic heterocycles. The van der Waals surface area contributed by atoms with Gasteiger partial charge in [-0.25, -0.2) is 0 Å². The lowest BCUT2D eigenvalue weighted by Gasteiger charge is -2.40. The first-order valence-corrected chi connectivity index (χ1v) is 6.83. The number of benzene rings is 1. The minimum Gasteiger partial charge on any atom is -0.373 e. The summed E-state index contributed by atoms with van der Waals surface area (Å²) in [7, 11) is 0. The van der Waals surface area contributed by atoms with E-state index in [0.717, 1.165) is 18.1 Å². The van der Waals surface area contributed by atoms with Crippen LogP contribution in [-0.2, 0) is 4.74 Å². The van der Waals surface area contributed by atoms with E-state index in [1.807, 2.05) is 18.2 Å². The third-order valence-corrected chi connectivity index (χ3v) is 3.58. The molecule has 100 valence electrons. The normalized spacial score (nSPS) is 27.1. The van der Waals surface area contributed by atoms with E-state index in [1.165, 1.54) is 5.56 Å². The van der Waals surface area contributed by atoms with Gasteiger partial charge in [-0.3, -0.25) is 4.90 Å². The first kappa shape index (κ1) is 13.8. The van der Waals surface area contributed by atoms with Crippen molar-refractivity contribution in [3.8, 4) is 0 Å². The molecule has 2 rings (SSSR count). The topological polar surface area (TPSA) is 38.5 Å². The molecule has 2 N–H and O–H groups in total. The van der Waals surface area contributed by atoms with Gasteiger partial charge in [0.2, 0.25) is 0 Å². The van der Waals surface area contributed by atoms with Crippen LogP contribution in [0.3, 0.4) is 0 Å². The number of halogens is 1. The van der Waals surface area contributed by atoms with Gasteiger partial charge in [0.1, 0.15) is 0 Å². The van der Waals surface area contributed by atoms with Crippen molar-refractivity contribution in [1.29, 1.82) is 0 Å². The number of hydrogen-bond donors (Lipinski definition) is 1. The second kappa shape index (κ2) is 6.02. The summed E-state index contributed by atoms with van der Waals surface area (Å²) in [4.78, 5) is 2.39. The molecule has 3 atom stereocenters. The molecule has 1 saturated heterocycles. The van der Waals surface area contributed by atoms with Crippen molar-refractivity contribution in [3.63, 3.8) is 0 Å². The van der Waals surface area contributed by atoms with Crippen molar-refractivity contribution in [3.05, 3.63) is 34.9 Å². The fraction of sp³-hybridized carbons (Fsp3) is 0.571. The molecule has 1 aromatic carbocycles. The van der Waals surface area contributed by atoms with Crippen LogP contribution in [0.5, 0.6) is 0 Å². The standard InChI is InChI=1S/C14H21ClN2O/c1-10-8-17(9-11(2)18-10)14(7-16)12-4-3-5-13(15)6-12/h3-6,10-11,14H,7-9,16H2,1-2H3/t10-,11+,14-/m1/s1. The molecular formula is C14H21ClN2O. The molecule has 0 spiro atoms. The Morgan fingerprint density at radius 2 is 2.06 bits per heavy atom. The first-order chi connectivity index (χ1) is 8.60. The number of nitrogens with two attached hydrogens (primary N) is 1. The summed E-state index contributed by atoms with van der Waals surface area (Å²) in [5, 5.41) is 0.764. The minimum atomic E-state index is 0.220. The lowest BCUT2D eigenvalue weighted by atomic mass is 10.0. The molecule has 0 aliphatic carbocycles. The molecule has 3 nitrogen and oxygen atoms in total. The monoisotopic (exact) mass is 268 g/mol. The Labute approximate surface area is 114 Å². The Hall–Kier alpha value is -0.610. The number of ether oxygens (including phenoxy) is 1. The number of rotatable bonds is 3. The molecule has 1 aliphatic rings. The quantitative estimate of drug-likeness (QED) is 0.915. The lowest BCUT2D eigenvalue weighted by Crippen LogP contribution is -2.48. The zero-order valence-electron chi connectivity index (χ0n) is 11.0. The van der Waals surface area contributed by atoms with Crippen LogP contribution in [0, 0.1) is 0 Å². The summed E-state index contributed by atoms with van der Waals surface area (Å²) in [5.41, 5.74) is 7.14. The van der Waals surface area contributed by atoms with Gasteiger partial charge < -0.3 is 10.5 Å². The second-order valence-electron chi connectivity index (χ2n) is 5.02. The SMILES string of the molecule is C[C@@H]1CN([C@H](CN)c2cccc(Cl)c2)C[C@H](C)O1. The summed E-state index contributed by atoms with van der Waals surface area (Å²) in [5.74, 6) is 0. The van der Waals surface area contributed by atoms with E-state index < -0.39 is 0 Å². The maximum Gasteiger partial charge on any atom is 0.0678 e. The Morgan fingerprint density at radius 1 is 1.39 bits per heavy atom. The van der Waals surface area contributed by atoms with E-state index in [-0.39, 0.29) is 18.2 Å². The number of morpholine rings is 1. The zero-order chi connectivity index (χ0) is 13.1. The minimum absolute atomic E-state index is 0.220. The molecule has 0 radical (unpaired) electrons. The van der Waals surface area contributed by atoms with Crippen molar-refractivity contribution in [2.24, 2.45) is 5.73 Å². The van der Waals surface area contributed by atoms with E-state index in [2.05, 4.69) is 24.8 Å². The van der Waals surface area contributed by atoms with E-state index in [0.29, 0.717) is 6.54 Å². The molecule has 18 heavy (non-hydrogen) atoms. The van der Waals surface area contributed by atoms with Gasteiger partial charge in [0, 0.05) is 30.7 Å². The highest BCUT2D eigenvalue weighted by molar-refractivity contribution is 6.30. The summed E-state index contributed by atoms with van der Waals surface area (Å²) < 4.78 is 5.76. The molecular weight excluding hydrogens is 248 g/mol. The van der Waals surface area contributed by atoms with Crippen molar-refractivity contribution >= 4 is 11.6 Å². The molecule has 0 amide bonds. The third kappa shape index (κ3) is 3.23. The van der Waals surface area contributed by atoms with Gasteiger partial charge in [-0.15, -0.1) is 0 Å². The van der Waals surface area contributed by atoms with E-state index >= 15 is 0 Å². The van der Waals surface area contributed by atoms with Crippen LogP contribution in [0.25, 0.3) is 0 Å². The highest BCUT2D eigenvalue weighted by Gasteiger charge is 2.28. The van der Waals surface area contributed by atoms with Gasteiger partial charge in [-0.2, -0.15) is 0 Å². The highest BCUT2D eigenvalue weighted by Crippen LogP contribution is 2.25. The third-order valence-electron chi connectivity index (χ3n) is 3.35. The van der Waals surface area contributed by atoms with Crippen LogP contribution in [-0.4, -0.2) is 36.7 Å². The Kier molecular flexibility index (Phi) is 4.62. The van der Waals surface area contributed by atoms with Gasteiger partial charge >= 0.3 is 0 Å². The summed E-state index contributed by atoms with van der Waals surface area (Å²) in [6.45, 7) is 6.64.